The molecule has 0 bridgehead atoms. The number of nitrogens with one attached hydrogen (secondary N) is 1. The molecule has 0 heterocycles. The molecule has 0 aliphatic heterocycles. The van der Waals surface area contributed by atoms with Crippen LogP contribution < -0.4 is 5.32 Å². The molecule has 0 atom stereocenters. The molecule has 0 unspecified atom stereocenters. The van der Waals surface area contributed by atoms with Crippen LogP contribution >= 0.6 is 11.6 Å². The van der Waals surface area contributed by atoms with Crippen molar-refractivity contribution in [3.63, 3.8) is 0 Å². The molecule has 0 aliphatic rings. The van der Waals surface area contributed by atoms with Gasteiger partial charge in [-0.2, -0.15) is 0 Å². The summed E-state index contributed by atoms with van der Waals surface area (Å²) in [6.07, 6.45) is 0. The van der Waals surface area contributed by atoms with Crippen molar-refractivity contribution >= 4 is 23.0 Å². The van der Waals surface area contributed by atoms with E-state index in [0.29, 0.717) is 16.3 Å². The number of rotatable bonds is 4. The third-order valence-electron chi connectivity index (χ3n) is 2.83. The van der Waals surface area contributed by atoms with Gasteiger partial charge in [-0.1, -0.05) is 17.7 Å². The van der Waals surface area contributed by atoms with Crippen LogP contribution in [0.2, 0.25) is 5.02 Å². The molecule has 0 amide bonds. The maximum atomic E-state index is 13.6. The average Bonchev–Trinajstić information content (AvgIpc) is 2.39. The van der Waals surface area contributed by atoms with E-state index in [2.05, 4.69) is 5.32 Å². The van der Waals surface area contributed by atoms with E-state index in [1.54, 1.807) is 12.1 Å². The molecule has 0 aliphatic carbocycles. The zero-order valence-corrected chi connectivity index (χ0v) is 11.4. The number of anilines is 1. The zero-order valence-electron chi connectivity index (χ0n) is 10.7. The molecule has 2 rings (SSSR count). The molecule has 0 saturated heterocycles. The van der Waals surface area contributed by atoms with E-state index < -0.39 is 10.7 Å². The van der Waals surface area contributed by atoms with Crippen molar-refractivity contribution in [2.24, 2.45) is 0 Å². The average molecular weight is 295 g/mol. The highest BCUT2D eigenvalue weighted by Gasteiger charge is 2.14. The Labute approximate surface area is 120 Å². The Morgan fingerprint density at radius 3 is 2.75 bits per heavy atom. The number of nitro groups is 1. The quantitative estimate of drug-likeness (QED) is 0.675. The number of benzene rings is 2. The molecule has 4 nitrogen and oxygen atoms in total. The maximum absolute atomic E-state index is 13.6. The summed E-state index contributed by atoms with van der Waals surface area (Å²) in [5.41, 5.74) is 1.56. The van der Waals surface area contributed by atoms with E-state index >= 15 is 0 Å². The summed E-state index contributed by atoms with van der Waals surface area (Å²) < 4.78 is 13.6. The monoisotopic (exact) mass is 294 g/mol. The van der Waals surface area contributed by atoms with Gasteiger partial charge < -0.3 is 5.32 Å². The molecule has 20 heavy (non-hydrogen) atoms. The smallest absolute Gasteiger partial charge is 0.274 e. The number of nitro benzene ring substituents is 1. The number of aryl methyl sites for hydroxylation is 1. The lowest BCUT2D eigenvalue weighted by atomic mass is 10.1. The highest BCUT2D eigenvalue weighted by molar-refractivity contribution is 6.30. The molecule has 0 fully saturated rings. The standard InChI is InChI=1S/C14H12ClFN2O2/c1-9-2-4-12(16)13(6-9)17-8-10-7-11(15)3-5-14(10)18(19)20/h2-7,17H,8H2,1H3. The van der Waals surface area contributed by atoms with Gasteiger partial charge in [0.15, 0.2) is 0 Å². The van der Waals surface area contributed by atoms with Crippen molar-refractivity contribution in [1.82, 2.24) is 0 Å². The molecule has 0 radical (unpaired) electrons. The van der Waals surface area contributed by atoms with E-state index in [9.17, 15) is 14.5 Å². The van der Waals surface area contributed by atoms with Gasteiger partial charge in [-0.25, -0.2) is 4.39 Å². The second-order valence-electron chi connectivity index (χ2n) is 4.37. The largest absolute Gasteiger partial charge is 0.378 e. The van der Waals surface area contributed by atoms with Crippen molar-refractivity contribution in [3.8, 4) is 0 Å². The molecule has 0 aromatic heterocycles. The van der Waals surface area contributed by atoms with Crippen LogP contribution in [0, 0.1) is 22.9 Å². The first-order chi connectivity index (χ1) is 9.47. The van der Waals surface area contributed by atoms with Crippen molar-refractivity contribution in [3.05, 3.63) is 68.5 Å². The van der Waals surface area contributed by atoms with Crippen LogP contribution in [0.5, 0.6) is 0 Å². The second kappa shape index (κ2) is 5.88. The van der Waals surface area contributed by atoms with Gasteiger partial charge in [-0.05, 0) is 36.8 Å². The van der Waals surface area contributed by atoms with Gasteiger partial charge in [0.2, 0.25) is 0 Å². The molecular weight excluding hydrogens is 283 g/mol. The SMILES string of the molecule is Cc1ccc(F)c(NCc2cc(Cl)ccc2[N+](=O)[O-])c1. The third kappa shape index (κ3) is 3.24. The Hall–Kier alpha value is -2.14. The molecule has 1 N–H and O–H groups in total. The van der Waals surface area contributed by atoms with Gasteiger partial charge >= 0.3 is 0 Å². The second-order valence-corrected chi connectivity index (χ2v) is 4.80. The van der Waals surface area contributed by atoms with Crippen LogP contribution in [0.3, 0.4) is 0 Å². The predicted molar refractivity (Wildman–Crippen MR) is 76.6 cm³/mol. The Morgan fingerprint density at radius 2 is 2.05 bits per heavy atom. The Morgan fingerprint density at radius 1 is 1.30 bits per heavy atom. The Balaban J connectivity index is 2.24. The summed E-state index contributed by atoms with van der Waals surface area (Å²) in [5, 5.41) is 14.2. The maximum Gasteiger partial charge on any atom is 0.274 e. The Kier molecular flexibility index (Phi) is 4.20. The lowest BCUT2D eigenvalue weighted by Gasteiger charge is -2.09. The first-order valence-corrected chi connectivity index (χ1v) is 6.28. The van der Waals surface area contributed by atoms with Crippen LogP contribution in [-0.2, 0) is 6.54 Å². The molecule has 6 heteroatoms. The Bertz CT molecular complexity index is 662. The first kappa shape index (κ1) is 14.3. The van der Waals surface area contributed by atoms with E-state index in [1.165, 1.54) is 24.3 Å². The number of halogens is 2. The van der Waals surface area contributed by atoms with Gasteiger partial charge in [0.1, 0.15) is 5.82 Å². The van der Waals surface area contributed by atoms with Gasteiger partial charge in [-0.15, -0.1) is 0 Å². The van der Waals surface area contributed by atoms with Crippen molar-refractivity contribution in [1.29, 1.82) is 0 Å². The lowest BCUT2D eigenvalue weighted by molar-refractivity contribution is -0.385. The van der Waals surface area contributed by atoms with Gasteiger partial charge in [0.25, 0.3) is 5.69 Å². The predicted octanol–water partition coefficient (Wildman–Crippen LogP) is 4.31. The minimum absolute atomic E-state index is 0.0463. The molecule has 0 saturated carbocycles. The highest BCUT2D eigenvalue weighted by Crippen LogP contribution is 2.24. The summed E-state index contributed by atoms with van der Waals surface area (Å²) in [6.45, 7) is 1.96. The van der Waals surface area contributed by atoms with Crippen LogP contribution in [0.25, 0.3) is 0 Å². The number of hydrogen-bond donors (Lipinski definition) is 1. The van der Waals surface area contributed by atoms with Crippen LogP contribution in [-0.4, -0.2) is 4.92 Å². The molecule has 104 valence electrons. The molecule has 0 spiro atoms. The van der Waals surface area contributed by atoms with Gasteiger partial charge in [0, 0.05) is 17.6 Å². The third-order valence-corrected chi connectivity index (χ3v) is 3.06. The topological polar surface area (TPSA) is 55.2 Å². The van der Waals surface area contributed by atoms with E-state index in [1.807, 2.05) is 6.92 Å². The summed E-state index contributed by atoms with van der Waals surface area (Å²) in [7, 11) is 0. The number of hydrogen-bond acceptors (Lipinski definition) is 3. The number of nitrogens with zero attached hydrogens (tertiary/aromatic N) is 1. The van der Waals surface area contributed by atoms with Gasteiger partial charge in [0.05, 0.1) is 16.2 Å². The first-order valence-electron chi connectivity index (χ1n) is 5.90. The highest BCUT2D eigenvalue weighted by atomic mass is 35.5. The molecule has 2 aromatic carbocycles. The van der Waals surface area contributed by atoms with E-state index in [-0.39, 0.29) is 12.2 Å². The van der Waals surface area contributed by atoms with Crippen molar-refractivity contribution < 1.29 is 9.31 Å². The summed E-state index contributed by atoms with van der Waals surface area (Å²) in [5.74, 6) is -0.403. The van der Waals surface area contributed by atoms with Crippen LogP contribution in [0.4, 0.5) is 15.8 Å². The van der Waals surface area contributed by atoms with Crippen LogP contribution in [0.15, 0.2) is 36.4 Å². The minimum atomic E-state index is -0.486. The minimum Gasteiger partial charge on any atom is -0.378 e. The fraction of sp³-hybridized carbons (Fsp3) is 0.143. The fourth-order valence-electron chi connectivity index (χ4n) is 1.84. The summed E-state index contributed by atoms with van der Waals surface area (Å²) >= 11 is 5.84. The summed E-state index contributed by atoms with van der Waals surface area (Å²) in [4.78, 5) is 10.4. The molecular formula is C14H12ClFN2O2. The zero-order chi connectivity index (χ0) is 14.7. The fourth-order valence-corrected chi connectivity index (χ4v) is 2.03. The normalized spacial score (nSPS) is 10.3. The van der Waals surface area contributed by atoms with Gasteiger partial charge in [-0.3, -0.25) is 10.1 Å². The van der Waals surface area contributed by atoms with E-state index in [4.69, 9.17) is 11.6 Å². The van der Waals surface area contributed by atoms with Crippen molar-refractivity contribution in [2.75, 3.05) is 5.32 Å². The van der Waals surface area contributed by atoms with E-state index in [0.717, 1.165) is 5.56 Å². The van der Waals surface area contributed by atoms with Crippen LogP contribution in [0.1, 0.15) is 11.1 Å². The van der Waals surface area contributed by atoms with Crippen molar-refractivity contribution in [2.45, 2.75) is 13.5 Å². The molecule has 2 aromatic rings. The lowest BCUT2D eigenvalue weighted by Crippen LogP contribution is -2.04. The summed E-state index contributed by atoms with van der Waals surface area (Å²) in [6, 6.07) is 8.95.